The highest BCUT2D eigenvalue weighted by Crippen LogP contribution is 2.10. The second-order valence-electron chi connectivity index (χ2n) is 5.02. The lowest BCUT2D eigenvalue weighted by atomic mass is 10.2. The first-order valence-electron chi connectivity index (χ1n) is 6.68. The normalized spacial score (nSPS) is 17.9. The molecular formula is C14H19ClN4O. The highest BCUT2D eigenvalue weighted by Gasteiger charge is 2.21. The van der Waals surface area contributed by atoms with Crippen LogP contribution in [0.1, 0.15) is 24.1 Å². The highest BCUT2D eigenvalue weighted by atomic mass is 35.5. The van der Waals surface area contributed by atoms with E-state index in [0.29, 0.717) is 6.54 Å². The van der Waals surface area contributed by atoms with E-state index in [-0.39, 0.29) is 24.4 Å². The first-order valence-corrected chi connectivity index (χ1v) is 6.68. The number of hydrogen-bond acceptors (Lipinski definition) is 3. The lowest BCUT2D eigenvalue weighted by Crippen LogP contribution is -2.40. The predicted octanol–water partition coefficient (Wildman–Crippen LogP) is 1.43. The summed E-state index contributed by atoms with van der Waals surface area (Å²) in [5.74, 6) is 0.0753. The molecule has 2 N–H and O–H groups in total. The average Bonchev–Trinajstić information content (AvgIpc) is 3.05. The van der Waals surface area contributed by atoms with Gasteiger partial charge in [-0.25, -0.2) is 4.98 Å². The van der Waals surface area contributed by atoms with Crippen molar-refractivity contribution in [2.75, 3.05) is 6.54 Å². The molecule has 6 heteroatoms. The molecule has 0 aromatic carbocycles. The Labute approximate surface area is 124 Å². The number of halogens is 1. The zero-order valence-corrected chi connectivity index (χ0v) is 12.2. The van der Waals surface area contributed by atoms with E-state index in [4.69, 9.17) is 0 Å². The minimum atomic E-state index is -0.0289. The van der Waals surface area contributed by atoms with E-state index < -0.39 is 0 Å². The van der Waals surface area contributed by atoms with E-state index in [1.54, 1.807) is 0 Å². The molecule has 1 aliphatic heterocycles. The summed E-state index contributed by atoms with van der Waals surface area (Å²) in [4.78, 5) is 16.4. The molecular weight excluding hydrogens is 276 g/mol. The smallest absolute Gasteiger partial charge is 0.237 e. The monoisotopic (exact) mass is 294 g/mol. The lowest BCUT2D eigenvalue weighted by molar-refractivity contribution is -0.122. The number of hydrogen-bond donors (Lipinski definition) is 2. The molecule has 3 rings (SSSR count). The third-order valence-corrected chi connectivity index (χ3v) is 3.55. The number of pyridine rings is 1. The average molecular weight is 295 g/mol. The summed E-state index contributed by atoms with van der Waals surface area (Å²) in [7, 11) is 0. The molecule has 0 spiro atoms. The van der Waals surface area contributed by atoms with Crippen molar-refractivity contribution >= 4 is 24.0 Å². The van der Waals surface area contributed by atoms with E-state index in [9.17, 15) is 4.79 Å². The Bertz CT molecular complexity index is 604. The summed E-state index contributed by atoms with van der Waals surface area (Å²) in [6.07, 6.45) is 5.94. The third-order valence-electron chi connectivity index (χ3n) is 3.55. The lowest BCUT2D eigenvalue weighted by Gasteiger charge is -2.09. The van der Waals surface area contributed by atoms with Gasteiger partial charge in [0.15, 0.2) is 0 Å². The van der Waals surface area contributed by atoms with Crippen molar-refractivity contribution in [1.82, 2.24) is 20.0 Å². The number of rotatable bonds is 3. The van der Waals surface area contributed by atoms with Crippen LogP contribution in [-0.4, -0.2) is 27.9 Å². The molecule has 3 heterocycles. The Hall–Kier alpha value is -1.59. The number of carbonyl (C=O) groups is 1. The number of carbonyl (C=O) groups excluding carboxylic acids is 1. The Morgan fingerprint density at radius 1 is 1.60 bits per heavy atom. The Kier molecular flexibility index (Phi) is 4.62. The van der Waals surface area contributed by atoms with Gasteiger partial charge in [-0.2, -0.15) is 0 Å². The van der Waals surface area contributed by atoms with Gasteiger partial charge in [-0.3, -0.25) is 4.79 Å². The fraction of sp³-hybridized carbons (Fsp3) is 0.429. The highest BCUT2D eigenvalue weighted by molar-refractivity contribution is 5.85. The predicted molar refractivity (Wildman–Crippen MR) is 80.0 cm³/mol. The molecule has 5 nitrogen and oxygen atoms in total. The summed E-state index contributed by atoms with van der Waals surface area (Å²) < 4.78 is 1.99. The van der Waals surface area contributed by atoms with Gasteiger partial charge in [-0.15, -0.1) is 12.4 Å². The van der Waals surface area contributed by atoms with Crippen molar-refractivity contribution < 1.29 is 4.79 Å². The van der Waals surface area contributed by atoms with Crippen LogP contribution in [0.5, 0.6) is 0 Å². The fourth-order valence-electron chi connectivity index (χ4n) is 2.50. The summed E-state index contributed by atoms with van der Waals surface area (Å²) in [6.45, 7) is 3.46. The fourth-order valence-corrected chi connectivity index (χ4v) is 2.50. The Morgan fingerprint density at radius 2 is 2.45 bits per heavy atom. The van der Waals surface area contributed by atoms with E-state index >= 15 is 0 Å². The molecule has 108 valence electrons. The van der Waals surface area contributed by atoms with Crippen LogP contribution < -0.4 is 10.6 Å². The van der Waals surface area contributed by atoms with Gasteiger partial charge in [0.1, 0.15) is 5.65 Å². The summed E-state index contributed by atoms with van der Waals surface area (Å²) in [6, 6.07) is 4.00. The molecule has 2 aromatic heterocycles. The number of aryl methyl sites for hydroxylation is 1. The van der Waals surface area contributed by atoms with Crippen molar-refractivity contribution in [3.63, 3.8) is 0 Å². The SMILES string of the molecule is Cc1cccn2cc(CNC(=O)[C@@H]3CCCN3)nc12.Cl. The van der Waals surface area contributed by atoms with Gasteiger partial charge in [0.25, 0.3) is 0 Å². The van der Waals surface area contributed by atoms with Gasteiger partial charge < -0.3 is 15.0 Å². The van der Waals surface area contributed by atoms with Crippen LogP contribution in [0.3, 0.4) is 0 Å². The topological polar surface area (TPSA) is 58.4 Å². The molecule has 1 amide bonds. The molecule has 1 saturated heterocycles. The van der Waals surface area contributed by atoms with Gasteiger partial charge in [0.05, 0.1) is 18.3 Å². The maximum Gasteiger partial charge on any atom is 0.237 e. The van der Waals surface area contributed by atoms with Crippen LogP contribution in [-0.2, 0) is 11.3 Å². The Balaban J connectivity index is 0.00000147. The molecule has 0 radical (unpaired) electrons. The zero-order valence-electron chi connectivity index (χ0n) is 11.4. The number of amides is 1. The summed E-state index contributed by atoms with van der Waals surface area (Å²) in [5, 5.41) is 6.13. The van der Waals surface area contributed by atoms with E-state index in [0.717, 1.165) is 36.3 Å². The number of nitrogens with one attached hydrogen (secondary N) is 2. The van der Waals surface area contributed by atoms with Gasteiger partial charge in [0, 0.05) is 12.4 Å². The number of nitrogens with zero attached hydrogens (tertiary/aromatic N) is 2. The van der Waals surface area contributed by atoms with Crippen LogP contribution >= 0.6 is 12.4 Å². The van der Waals surface area contributed by atoms with Crippen LogP contribution in [0.25, 0.3) is 5.65 Å². The second kappa shape index (κ2) is 6.24. The summed E-state index contributed by atoms with van der Waals surface area (Å²) >= 11 is 0. The Morgan fingerprint density at radius 3 is 3.15 bits per heavy atom. The first kappa shape index (κ1) is 14.8. The quantitative estimate of drug-likeness (QED) is 0.900. The number of fused-ring (bicyclic) bond motifs is 1. The molecule has 1 atom stereocenters. The molecule has 0 bridgehead atoms. The van der Waals surface area contributed by atoms with Crippen molar-refractivity contribution in [3.05, 3.63) is 35.8 Å². The van der Waals surface area contributed by atoms with E-state index in [2.05, 4.69) is 15.6 Å². The van der Waals surface area contributed by atoms with Gasteiger partial charge in [0.2, 0.25) is 5.91 Å². The standard InChI is InChI=1S/C14H18N4O.ClH/c1-10-4-3-7-18-9-11(17-13(10)18)8-16-14(19)12-5-2-6-15-12;/h3-4,7,9,12,15H,2,5-6,8H2,1H3,(H,16,19);1H/t12-;/m0./s1. The molecule has 20 heavy (non-hydrogen) atoms. The molecule has 1 aliphatic rings. The van der Waals surface area contributed by atoms with Crippen molar-refractivity contribution in [2.24, 2.45) is 0 Å². The first-order chi connectivity index (χ1) is 9.24. The zero-order chi connectivity index (χ0) is 13.2. The van der Waals surface area contributed by atoms with Crippen molar-refractivity contribution in [2.45, 2.75) is 32.4 Å². The number of imidazole rings is 1. The van der Waals surface area contributed by atoms with Crippen LogP contribution in [0.2, 0.25) is 0 Å². The largest absolute Gasteiger partial charge is 0.349 e. The van der Waals surface area contributed by atoms with Gasteiger partial charge in [-0.05, 0) is 37.9 Å². The van der Waals surface area contributed by atoms with Crippen LogP contribution in [0, 0.1) is 6.92 Å². The minimum absolute atomic E-state index is 0. The van der Waals surface area contributed by atoms with Crippen LogP contribution in [0.15, 0.2) is 24.5 Å². The molecule has 0 saturated carbocycles. The molecule has 2 aromatic rings. The van der Waals surface area contributed by atoms with Gasteiger partial charge >= 0.3 is 0 Å². The molecule has 1 fully saturated rings. The molecule has 0 aliphatic carbocycles. The van der Waals surface area contributed by atoms with Gasteiger partial charge in [-0.1, -0.05) is 6.07 Å². The molecule has 0 unspecified atom stereocenters. The van der Waals surface area contributed by atoms with Crippen LogP contribution in [0.4, 0.5) is 0 Å². The maximum absolute atomic E-state index is 11.9. The maximum atomic E-state index is 11.9. The van der Waals surface area contributed by atoms with Crippen molar-refractivity contribution in [1.29, 1.82) is 0 Å². The second-order valence-corrected chi connectivity index (χ2v) is 5.02. The van der Waals surface area contributed by atoms with Crippen molar-refractivity contribution in [3.8, 4) is 0 Å². The van der Waals surface area contributed by atoms with E-state index in [1.807, 2.05) is 35.9 Å². The number of aromatic nitrogens is 2. The van der Waals surface area contributed by atoms with E-state index in [1.165, 1.54) is 0 Å². The third kappa shape index (κ3) is 2.94. The minimum Gasteiger partial charge on any atom is -0.349 e. The summed E-state index contributed by atoms with van der Waals surface area (Å²) in [5.41, 5.74) is 2.98.